The van der Waals surface area contributed by atoms with Crippen molar-refractivity contribution in [3.05, 3.63) is 95.6 Å². The zero-order chi connectivity index (χ0) is 20.9. The van der Waals surface area contributed by atoms with Crippen molar-refractivity contribution in [2.75, 3.05) is 11.3 Å². The SMILES string of the molecule is O=C(NCCc1ccccc1)c1ccccc1NS(=O)(=O)c1cc(F)ccc1F. The summed E-state index contributed by atoms with van der Waals surface area (Å²) in [6.07, 6.45) is 0.606. The molecule has 3 aromatic carbocycles. The molecular formula is C21H18F2N2O3S. The van der Waals surface area contributed by atoms with Gasteiger partial charge in [-0.25, -0.2) is 17.2 Å². The first kappa shape index (κ1) is 20.5. The van der Waals surface area contributed by atoms with Crippen LogP contribution in [0, 0.1) is 11.6 Å². The molecule has 0 unspecified atom stereocenters. The summed E-state index contributed by atoms with van der Waals surface area (Å²) < 4.78 is 54.4. The van der Waals surface area contributed by atoms with Crippen LogP contribution in [-0.2, 0) is 16.4 Å². The maximum absolute atomic E-state index is 13.9. The van der Waals surface area contributed by atoms with Crippen LogP contribution in [0.2, 0.25) is 0 Å². The monoisotopic (exact) mass is 416 g/mol. The van der Waals surface area contributed by atoms with Gasteiger partial charge < -0.3 is 5.32 Å². The number of hydrogen-bond donors (Lipinski definition) is 2. The van der Waals surface area contributed by atoms with Gasteiger partial charge >= 0.3 is 0 Å². The molecule has 150 valence electrons. The van der Waals surface area contributed by atoms with Gasteiger partial charge in [-0.1, -0.05) is 42.5 Å². The van der Waals surface area contributed by atoms with Crippen molar-refractivity contribution >= 4 is 21.6 Å². The van der Waals surface area contributed by atoms with Gasteiger partial charge in [-0.2, -0.15) is 0 Å². The van der Waals surface area contributed by atoms with E-state index in [0.29, 0.717) is 19.0 Å². The number of sulfonamides is 1. The van der Waals surface area contributed by atoms with Gasteiger partial charge in [0, 0.05) is 6.54 Å². The molecule has 0 saturated heterocycles. The van der Waals surface area contributed by atoms with E-state index in [1.807, 2.05) is 30.3 Å². The van der Waals surface area contributed by atoms with E-state index >= 15 is 0 Å². The van der Waals surface area contributed by atoms with Gasteiger partial charge in [0.25, 0.3) is 15.9 Å². The first-order chi connectivity index (χ1) is 13.9. The minimum absolute atomic E-state index is 0.0339. The lowest BCUT2D eigenvalue weighted by molar-refractivity contribution is 0.0955. The number of benzene rings is 3. The molecule has 0 atom stereocenters. The number of para-hydroxylation sites is 1. The molecule has 3 rings (SSSR count). The van der Waals surface area contributed by atoms with Crippen LogP contribution in [0.3, 0.4) is 0 Å². The van der Waals surface area contributed by atoms with Crippen LogP contribution in [-0.4, -0.2) is 20.9 Å². The molecular weight excluding hydrogens is 398 g/mol. The molecule has 8 heteroatoms. The zero-order valence-corrected chi connectivity index (χ0v) is 16.0. The molecule has 0 saturated carbocycles. The van der Waals surface area contributed by atoms with Crippen molar-refractivity contribution in [1.82, 2.24) is 5.32 Å². The average Bonchev–Trinajstić information content (AvgIpc) is 2.70. The third-order valence-corrected chi connectivity index (χ3v) is 5.52. The van der Waals surface area contributed by atoms with Crippen LogP contribution in [0.5, 0.6) is 0 Å². The standard InChI is InChI=1S/C21H18F2N2O3S/c22-16-10-11-18(23)20(14-16)29(27,28)25-19-9-5-4-8-17(19)21(26)24-13-12-15-6-2-1-3-7-15/h1-11,14,25H,12-13H2,(H,24,26). The molecule has 0 aliphatic heterocycles. The summed E-state index contributed by atoms with van der Waals surface area (Å²) >= 11 is 0. The lowest BCUT2D eigenvalue weighted by atomic mass is 10.1. The Morgan fingerprint density at radius 2 is 1.59 bits per heavy atom. The first-order valence-corrected chi connectivity index (χ1v) is 10.2. The quantitative estimate of drug-likeness (QED) is 0.616. The fraction of sp³-hybridized carbons (Fsp3) is 0.0952. The zero-order valence-electron chi connectivity index (χ0n) is 15.2. The molecule has 0 radical (unpaired) electrons. The fourth-order valence-corrected chi connectivity index (χ4v) is 3.88. The van der Waals surface area contributed by atoms with Crippen molar-refractivity contribution < 1.29 is 22.0 Å². The number of rotatable bonds is 7. The van der Waals surface area contributed by atoms with Crippen LogP contribution < -0.4 is 10.0 Å². The molecule has 29 heavy (non-hydrogen) atoms. The maximum Gasteiger partial charge on any atom is 0.264 e. The van der Waals surface area contributed by atoms with Crippen LogP contribution in [0.25, 0.3) is 0 Å². The minimum Gasteiger partial charge on any atom is -0.352 e. The molecule has 3 aromatic rings. The summed E-state index contributed by atoms with van der Waals surface area (Å²) in [5.41, 5.74) is 1.08. The van der Waals surface area contributed by atoms with E-state index in [9.17, 15) is 22.0 Å². The van der Waals surface area contributed by atoms with Gasteiger partial charge in [0.05, 0.1) is 11.3 Å². The predicted molar refractivity (Wildman–Crippen MR) is 106 cm³/mol. The van der Waals surface area contributed by atoms with E-state index in [1.54, 1.807) is 6.07 Å². The molecule has 0 fully saturated rings. The number of hydrogen-bond acceptors (Lipinski definition) is 3. The topological polar surface area (TPSA) is 75.3 Å². The van der Waals surface area contributed by atoms with Gasteiger partial charge in [-0.15, -0.1) is 0 Å². The summed E-state index contributed by atoms with van der Waals surface area (Å²) in [4.78, 5) is 11.7. The van der Waals surface area contributed by atoms with Gasteiger partial charge in [0.2, 0.25) is 0 Å². The van der Waals surface area contributed by atoms with E-state index in [4.69, 9.17) is 0 Å². The highest BCUT2D eigenvalue weighted by Gasteiger charge is 2.22. The van der Waals surface area contributed by atoms with Crippen LogP contribution in [0.4, 0.5) is 14.5 Å². The van der Waals surface area contributed by atoms with E-state index in [-0.39, 0.29) is 11.3 Å². The second kappa shape index (κ2) is 8.83. The van der Waals surface area contributed by atoms with Crippen molar-refractivity contribution in [2.45, 2.75) is 11.3 Å². The van der Waals surface area contributed by atoms with E-state index in [2.05, 4.69) is 10.0 Å². The van der Waals surface area contributed by atoms with Gasteiger partial charge in [-0.05, 0) is 42.3 Å². The molecule has 0 bridgehead atoms. The predicted octanol–water partition coefficient (Wildman–Crippen LogP) is 3.74. The molecule has 0 heterocycles. The van der Waals surface area contributed by atoms with Crippen molar-refractivity contribution in [1.29, 1.82) is 0 Å². The second-order valence-electron chi connectivity index (χ2n) is 6.22. The highest BCUT2D eigenvalue weighted by Crippen LogP contribution is 2.22. The summed E-state index contributed by atoms with van der Waals surface area (Å²) in [6.45, 7) is 0.350. The Bertz CT molecular complexity index is 1120. The minimum atomic E-state index is -4.43. The number of amides is 1. The van der Waals surface area contributed by atoms with Gasteiger partial charge in [0.15, 0.2) is 0 Å². The molecule has 0 aliphatic carbocycles. The number of anilines is 1. The molecule has 5 nitrogen and oxygen atoms in total. The van der Waals surface area contributed by atoms with Crippen LogP contribution in [0.15, 0.2) is 77.7 Å². The smallest absolute Gasteiger partial charge is 0.264 e. The Hall–Kier alpha value is -3.26. The van der Waals surface area contributed by atoms with Crippen molar-refractivity contribution in [3.63, 3.8) is 0 Å². The summed E-state index contributed by atoms with van der Waals surface area (Å²) in [5, 5.41) is 2.73. The summed E-state index contributed by atoms with van der Waals surface area (Å²) in [7, 11) is -4.43. The molecule has 0 aromatic heterocycles. The molecule has 1 amide bonds. The maximum atomic E-state index is 13.9. The highest BCUT2D eigenvalue weighted by atomic mass is 32.2. The Balaban J connectivity index is 1.76. The summed E-state index contributed by atoms with van der Waals surface area (Å²) in [6, 6.07) is 17.6. The van der Waals surface area contributed by atoms with Crippen LogP contribution in [0.1, 0.15) is 15.9 Å². The number of carbonyl (C=O) groups excluding carboxylic acids is 1. The Morgan fingerprint density at radius 1 is 0.897 bits per heavy atom. The molecule has 0 spiro atoms. The lowest BCUT2D eigenvalue weighted by Gasteiger charge is -2.13. The van der Waals surface area contributed by atoms with Gasteiger partial charge in [0.1, 0.15) is 16.5 Å². The van der Waals surface area contributed by atoms with Crippen molar-refractivity contribution in [2.24, 2.45) is 0 Å². The highest BCUT2D eigenvalue weighted by molar-refractivity contribution is 7.92. The number of carbonyl (C=O) groups is 1. The summed E-state index contributed by atoms with van der Waals surface area (Å²) in [5.74, 6) is -2.47. The Morgan fingerprint density at radius 3 is 2.34 bits per heavy atom. The first-order valence-electron chi connectivity index (χ1n) is 8.76. The molecule has 2 N–H and O–H groups in total. The average molecular weight is 416 g/mol. The molecule has 0 aliphatic rings. The van der Waals surface area contributed by atoms with Crippen molar-refractivity contribution in [3.8, 4) is 0 Å². The Labute approximate surface area is 167 Å². The third-order valence-electron chi connectivity index (χ3n) is 4.14. The van der Waals surface area contributed by atoms with Crippen LogP contribution >= 0.6 is 0 Å². The van der Waals surface area contributed by atoms with E-state index < -0.39 is 32.5 Å². The largest absolute Gasteiger partial charge is 0.352 e. The lowest BCUT2D eigenvalue weighted by Crippen LogP contribution is -2.27. The fourth-order valence-electron chi connectivity index (χ4n) is 2.71. The Kier molecular flexibility index (Phi) is 6.23. The van der Waals surface area contributed by atoms with Gasteiger partial charge in [-0.3, -0.25) is 9.52 Å². The normalized spacial score (nSPS) is 11.1. The number of halogens is 2. The third kappa shape index (κ3) is 5.17. The van der Waals surface area contributed by atoms with E-state index in [0.717, 1.165) is 17.7 Å². The second-order valence-corrected chi connectivity index (χ2v) is 7.87. The van der Waals surface area contributed by atoms with E-state index in [1.165, 1.54) is 18.2 Å². The number of nitrogens with one attached hydrogen (secondary N) is 2.